The van der Waals surface area contributed by atoms with Crippen LogP contribution in [-0.2, 0) is 7.05 Å². The molecule has 94 valence electrons. The van der Waals surface area contributed by atoms with Gasteiger partial charge in [-0.2, -0.15) is 0 Å². The Hall–Kier alpha value is -2.01. The highest BCUT2D eigenvalue weighted by Gasteiger charge is 2.17. The summed E-state index contributed by atoms with van der Waals surface area (Å²) in [4.78, 5) is 12.1. The second-order valence-corrected chi connectivity index (χ2v) is 4.07. The summed E-state index contributed by atoms with van der Waals surface area (Å²) in [7, 11) is 3.18. The number of para-hydroxylation sites is 1. The van der Waals surface area contributed by atoms with Crippen molar-refractivity contribution < 1.29 is 9.53 Å². The van der Waals surface area contributed by atoms with E-state index in [4.69, 9.17) is 16.3 Å². The maximum atomic E-state index is 12.1. The molecule has 0 aliphatic rings. The first kappa shape index (κ1) is 12.4. The van der Waals surface area contributed by atoms with E-state index >= 15 is 0 Å². The highest BCUT2D eigenvalue weighted by Crippen LogP contribution is 2.23. The Morgan fingerprint density at radius 2 is 2.17 bits per heavy atom. The standard InChI is InChI=1S/C12H12ClN3O2/c1-16-7-8(12(15-16)18-2)11(17)14-10-6-4-3-5-9(10)13/h3-7H,1-2H3,(H,14,17). The zero-order valence-corrected chi connectivity index (χ0v) is 10.7. The minimum atomic E-state index is -0.312. The highest BCUT2D eigenvalue weighted by molar-refractivity contribution is 6.33. The average molecular weight is 266 g/mol. The molecule has 1 heterocycles. The van der Waals surface area contributed by atoms with Gasteiger partial charge in [0.25, 0.3) is 5.91 Å². The lowest BCUT2D eigenvalue weighted by atomic mass is 10.2. The molecule has 0 bridgehead atoms. The van der Waals surface area contributed by atoms with Gasteiger partial charge in [-0.05, 0) is 12.1 Å². The number of halogens is 1. The first-order valence-electron chi connectivity index (χ1n) is 5.25. The van der Waals surface area contributed by atoms with Crippen molar-refractivity contribution in [3.8, 4) is 5.88 Å². The Kier molecular flexibility index (Phi) is 3.53. The number of carbonyl (C=O) groups is 1. The van der Waals surface area contributed by atoms with Crippen LogP contribution in [0.3, 0.4) is 0 Å². The van der Waals surface area contributed by atoms with Gasteiger partial charge in [0, 0.05) is 13.2 Å². The van der Waals surface area contributed by atoms with E-state index in [1.807, 2.05) is 0 Å². The molecule has 0 aliphatic carbocycles. The van der Waals surface area contributed by atoms with Crippen LogP contribution in [0.2, 0.25) is 5.02 Å². The number of methoxy groups -OCH3 is 1. The van der Waals surface area contributed by atoms with E-state index in [1.165, 1.54) is 11.8 Å². The molecule has 0 spiro atoms. The lowest BCUT2D eigenvalue weighted by Gasteiger charge is -2.06. The molecule has 0 unspecified atom stereocenters. The number of amides is 1. The molecule has 1 N–H and O–H groups in total. The van der Waals surface area contributed by atoms with Crippen molar-refractivity contribution in [2.45, 2.75) is 0 Å². The zero-order valence-electron chi connectivity index (χ0n) is 9.98. The Morgan fingerprint density at radius 1 is 1.44 bits per heavy atom. The van der Waals surface area contributed by atoms with Crippen molar-refractivity contribution in [2.24, 2.45) is 7.05 Å². The lowest BCUT2D eigenvalue weighted by molar-refractivity contribution is 0.102. The van der Waals surface area contributed by atoms with Crippen LogP contribution in [-0.4, -0.2) is 22.8 Å². The fraction of sp³-hybridized carbons (Fsp3) is 0.167. The molecule has 2 aromatic rings. The molecule has 0 saturated carbocycles. The van der Waals surface area contributed by atoms with Crippen LogP contribution < -0.4 is 10.1 Å². The first-order valence-corrected chi connectivity index (χ1v) is 5.63. The Morgan fingerprint density at radius 3 is 2.83 bits per heavy atom. The van der Waals surface area contributed by atoms with Crippen LogP contribution in [0, 0.1) is 0 Å². The Labute approximate surface area is 109 Å². The first-order chi connectivity index (χ1) is 8.61. The van der Waals surface area contributed by atoms with Gasteiger partial charge in [0.2, 0.25) is 5.88 Å². The minimum Gasteiger partial charge on any atom is -0.479 e. The van der Waals surface area contributed by atoms with Crippen molar-refractivity contribution in [2.75, 3.05) is 12.4 Å². The number of hydrogen-bond donors (Lipinski definition) is 1. The third-order valence-corrected chi connectivity index (χ3v) is 2.68. The van der Waals surface area contributed by atoms with E-state index in [1.54, 1.807) is 37.5 Å². The number of ether oxygens (including phenoxy) is 1. The van der Waals surface area contributed by atoms with Gasteiger partial charge in [0.15, 0.2) is 0 Å². The summed E-state index contributed by atoms with van der Waals surface area (Å²) in [6.07, 6.45) is 1.59. The van der Waals surface area contributed by atoms with E-state index in [9.17, 15) is 4.79 Å². The number of benzene rings is 1. The van der Waals surface area contributed by atoms with Crippen LogP contribution in [0.5, 0.6) is 5.88 Å². The molecule has 1 aromatic carbocycles. The number of rotatable bonds is 3. The van der Waals surface area contributed by atoms with Crippen molar-refractivity contribution in [3.63, 3.8) is 0 Å². The normalized spacial score (nSPS) is 10.2. The molecule has 2 rings (SSSR count). The molecular formula is C12H12ClN3O2. The van der Waals surface area contributed by atoms with Crippen LogP contribution >= 0.6 is 11.6 Å². The van der Waals surface area contributed by atoms with Gasteiger partial charge in [0.05, 0.1) is 17.8 Å². The summed E-state index contributed by atoms with van der Waals surface area (Å²) in [5, 5.41) is 7.21. The summed E-state index contributed by atoms with van der Waals surface area (Å²) in [5.74, 6) is -0.0323. The van der Waals surface area contributed by atoms with Gasteiger partial charge in [-0.25, -0.2) is 0 Å². The topological polar surface area (TPSA) is 56.2 Å². The summed E-state index contributed by atoms with van der Waals surface area (Å²) in [6.45, 7) is 0. The van der Waals surface area contributed by atoms with Gasteiger partial charge < -0.3 is 10.1 Å². The predicted octanol–water partition coefficient (Wildman–Crippen LogP) is 2.33. The predicted molar refractivity (Wildman–Crippen MR) is 69.2 cm³/mol. The third-order valence-electron chi connectivity index (χ3n) is 2.35. The highest BCUT2D eigenvalue weighted by atomic mass is 35.5. The number of aryl methyl sites for hydroxylation is 1. The maximum Gasteiger partial charge on any atom is 0.262 e. The molecule has 0 radical (unpaired) electrons. The molecule has 0 fully saturated rings. The smallest absolute Gasteiger partial charge is 0.262 e. The molecule has 1 amide bonds. The molecule has 18 heavy (non-hydrogen) atoms. The average Bonchev–Trinajstić information content (AvgIpc) is 2.73. The van der Waals surface area contributed by atoms with Crippen LogP contribution in [0.25, 0.3) is 0 Å². The van der Waals surface area contributed by atoms with Gasteiger partial charge in [-0.15, -0.1) is 5.10 Å². The molecular weight excluding hydrogens is 254 g/mol. The van der Waals surface area contributed by atoms with E-state index in [2.05, 4.69) is 10.4 Å². The minimum absolute atomic E-state index is 0.280. The number of carbonyl (C=O) groups excluding carboxylic acids is 1. The second-order valence-electron chi connectivity index (χ2n) is 3.66. The molecule has 5 nitrogen and oxygen atoms in total. The number of anilines is 1. The lowest BCUT2D eigenvalue weighted by Crippen LogP contribution is -2.12. The van der Waals surface area contributed by atoms with Gasteiger partial charge >= 0.3 is 0 Å². The fourth-order valence-electron chi connectivity index (χ4n) is 1.53. The van der Waals surface area contributed by atoms with Crippen molar-refractivity contribution >= 4 is 23.2 Å². The third kappa shape index (κ3) is 2.46. The largest absolute Gasteiger partial charge is 0.479 e. The van der Waals surface area contributed by atoms with Gasteiger partial charge in [-0.3, -0.25) is 9.48 Å². The van der Waals surface area contributed by atoms with Crippen LogP contribution in [0.15, 0.2) is 30.5 Å². The van der Waals surface area contributed by atoms with Gasteiger partial charge in [0.1, 0.15) is 5.56 Å². The number of nitrogens with one attached hydrogen (secondary N) is 1. The number of nitrogens with zero attached hydrogens (tertiary/aromatic N) is 2. The quantitative estimate of drug-likeness (QED) is 0.927. The molecule has 0 atom stereocenters. The van der Waals surface area contributed by atoms with E-state index < -0.39 is 0 Å². The van der Waals surface area contributed by atoms with Crippen LogP contribution in [0.1, 0.15) is 10.4 Å². The van der Waals surface area contributed by atoms with Crippen molar-refractivity contribution in [1.29, 1.82) is 0 Å². The Balaban J connectivity index is 2.25. The van der Waals surface area contributed by atoms with Crippen molar-refractivity contribution in [1.82, 2.24) is 9.78 Å². The summed E-state index contributed by atoms with van der Waals surface area (Å²) in [6, 6.07) is 7.02. The van der Waals surface area contributed by atoms with E-state index in [0.717, 1.165) is 0 Å². The van der Waals surface area contributed by atoms with Crippen molar-refractivity contribution in [3.05, 3.63) is 41.0 Å². The summed E-state index contributed by atoms with van der Waals surface area (Å²) < 4.78 is 6.54. The maximum absolute atomic E-state index is 12.1. The summed E-state index contributed by atoms with van der Waals surface area (Å²) >= 11 is 5.97. The molecule has 0 saturated heterocycles. The molecule has 0 aliphatic heterocycles. The van der Waals surface area contributed by atoms with E-state index in [0.29, 0.717) is 16.3 Å². The van der Waals surface area contributed by atoms with Crippen LogP contribution in [0.4, 0.5) is 5.69 Å². The zero-order chi connectivity index (χ0) is 13.1. The second kappa shape index (κ2) is 5.10. The monoisotopic (exact) mass is 265 g/mol. The van der Waals surface area contributed by atoms with E-state index in [-0.39, 0.29) is 11.8 Å². The number of aromatic nitrogens is 2. The Bertz CT molecular complexity index is 580. The SMILES string of the molecule is COc1nn(C)cc1C(=O)Nc1ccccc1Cl. The molecule has 1 aromatic heterocycles. The fourth-order valence-corrected chi connectivity index (χ4v) is 1.71. The number of hydrogen-bond acceptors (Lipinski definition) is 3. The summed E-state index contributed by atoms with van der Waals surface area (Å²) in [5.41, 5.74) is 0.912. The molecule has 6 heteroatoms. The van der Waals surface area contributed by atoms with Gasteiger partial charge in [-0.1, -0.05) is 23.7 Å².